The Kier molecular flexibility index (Phi) is 8.78. The Morgan fingerprint density at radius 1 is 0.596 bits per heavy atom. The van der Waals surface area contributed by atoms with Gasteiger partial charge in [0.05, 0.1) is 0 Å². The lowest BCUT2D eigenvalue weighted by atomic mass is 9.88. The first kappa shape index (κ1) is 31.1. The number of aromatic hydroxyl groups is 4. The Hall–Kier alpha value is -4.56. The molecule has 2 aliphatic heterocycles. The summed E-state index contributed by atoms with van der Waals surface area (Å²) in [5.41, 5.74) is 6.94. The fraction of sp³-hybridized carbons (Fsp3) is 0.200. The largest absolute Gasteiger partial charge is 0.504 e. The summed E-state index contributed by atoms with van der Waals surface area (Å²) in [5.74, 6) is -0.176. The van der Waals surface area contributed by atoms with Gasteiger partial charge in [0.2, 0.25) is 0 Å². The molecule has 238 valence electrons. The summed E-state index contributed by atoms with van der Waals surface area (Å²) in [6.45, 7) is 1.75. The zero-order valence-electron chi connectivity index (χ0n) is 25.9. The quantitative estimate of drug-likeness (QED) is 0.0943. The molecule has 6 nitrogen and oxygen atoms in total. The average Bonchev–Trinajstić information content (AvgIpc) is 3.08. The fourth-order valence-electron chi connectivity index (χ4n) is 7.13. The summed E-state index contributed by atoms with van der Waals surface area (Å²) in [6, 6.07) is 36.6. The zero-order chi connectivity index (χ0) is 32.5. The van der Waals surface area contributed by atoms with Crippen LogP contribution in [0, 0.1) is 0 Å². The first-order valence-corrected chi connectivity index (χ1v) is 16.7. The molecule has 8 rings (SSSR count). The van der Waals surface area contributed by atoms with Crippen LogP contribution in [0.3, 0.4) is 0 Å². The lowest BCUT2D eigenvalue weighted by molar-refractivity contribution is 0.344. The van der Waals surface area contributed by atoms with Gasteiger partial charge in [-0.25, -0.2) is 3.93 Å². The molecule has 0 amide bonds. The third-order valence-electron chi connectivity index (χ3n) is 9.52. The van der Waals surface area contributed by atoms with Crippen molar-refractivity contribution in [1.82, 2.24) is 9.24 Å². The number of halogens is 1. The molecular weight excluding hydrogens is 652 g/mol. The van der Waals surface area contributed by atoms with Crippen molar-refractivity contribution >= 4 is 37.7 Å². The van der Waals surface area contributed by atoms with Crippen molar-refractivity contribution in [2.24, 2.45) is 0 Å². The van der Waals surface area contributed by atoms with Gasteiger partial charge in [-0.05, 0) is 111 Å². The third kappa shape index (κ3) is 6.39. The van der Waals surface area contributed by atoms with Crippen LogP contribution in [0.1, 0.15) is 45.5 Å². The molecule has 0 saturated carbocycles. The van der Waals surface area contributed by atoms with E-state index in [9.17, 15) is 20.4 Å². The van der Waals surface area contributed by atoms with E-state index in [0.717, 1.165) is 61.0 Å². The number of benzene rings is 6. The van der Waals surface area contributed by atoms with E-state index in [-0.39, 0.29) is 35.1 Å². The van der Waals surface area contributed by atoms with Gasteiger partial charge in [0.15, 0.2) is 23.0 Å². The average molecular weight is 690 g/mol. The highest BCUT2D eigenvalue weighted by atomic mass is 79.9. The molecule has 0 spiro atoms. The summed E-state index contributed by atoms with van der Waals surface area (Å²) in [5, 5.41) is 47.8. The minimum absolute atomic E-state index is 0.0328. The van der Waals surface area contributed by atoms with Crippen LogP contribution < -0.4 is 5.32 Å². The number of rotatable bonds is 4. The molecule has 0 bridgehead atoms. The van der Waals surface area contributed by atoms with Crippen molar-refractivity contribution in [2.75, 3.05) is 13.1 Å². The van der Waals surface area contributed by atoms with Gasteiger partial charge in [-0.1, -0.05) is 84.9 Å². The molecule has 0 radical (unpaired) electrons. The van der Waals surface area contributed by atoms with Crippen LogP contribution >= 0.6 is 16.1 Å². The van der Waals surface area contributed by atoms with E-state index in [4.69, 9.17) is 0 Å². The van der Waals surface area contributed by atoms with E-state index in [0.29, 0.717) is 0 Å². The molecule has 0 aliphatic carbocycles. The van der Waals surface area contributed by atoms with Gasteiger partial charge in [0, 0.05) is 34.8 Å². The van der Waals surface area contributed by atoms with Crippen molar-refractivity contribution in [2.45, 2.75) is 37.8 Å². The van der Waals surface area contributed by atoms with Gasteiger partial charge in [0.25, 0.3) is 0 Å². The molecule has 2 heterocycles. The molecule has 0 fully saturated rings. The Labute approximate surface area is 282 Å². The molecule has 5 N–H and O–H groups in total. The molecule has 6 aromatic carbocycles. The van der Waals surface area contributed by atoms with E-state index in [1.54, 1.807) is 24.3 Å². The normalized spacial score (nSPS) is 17.5. The Balaban J connectivity index is 0.000000150. The predicted molar refractivity (Wildman–Crippen MR) is 191 cm³/mol. The highest BCUT2D eigenvalue weighted by Crippen LogP contribution is 2.41. The summed E-state index contributed by atoms with van der Waals surface area (Å²) < 4.78 is 2.15. The summed E-state index contributed by atoms with van der Waals surface area (Å²) >= 11 is 3.68. The summed E-state index contributed by atoms with van der Waals surface area (Å²) in [4.78, 5) is 0. The molecule has 0 unspecified atom stereocenters. The lowest BCUT2D eigenvalue weighted by Gasteiger charge is -2.33. The van der Waals surface area contributed by atoms with Gasteiger partial charge in [-0.3, -0.25) is 0 Å². The second kappa shape index (κ2) is 13.3. The van der Waals surface area contributed by atoms with Gasteiger partial charge in [-0.2, -0.15) is 0 Å². The monoisotopic (exact) mass is 688 g/mol. The van der Waals surface area contributed by atoms with Crippen molar-refractivity contribution in [3.63, 3.8) is 0 Å². The maximum absolute atomic E-state index is 9.93. The van der Waals surface area contributed by atoms with Gasteiger partial charge >= 0.3 is 0 Å². The Bertz CT molecular complexity index is 2070. The third-order valence-corrected chi connectivity index (χ3v) is 10.4. The number of phenols is 4. The highest BCUT2D eigenvalue weighted by Gasteiger charge is 2.28. The molecule has 47 heavy (non-hydrogen) atoms. The predicted octanol–water partition coefficient (Wildman–Crippen LogP) is 8.38. The first-order chi connectivity index (χ1) is 22.9. The lowest BCUT2D eigenvalue weighted by Crippen LogP contribution is -2.31. The van der Waals surface area contributed by atoms with Crippen LogP contribution in [0.4, 0.5) is 0 Å². The smallest absolute Gasteiger partial charge is 0.157 e. The van der Waals surface area contributed by atoms with Crippen LogP contribution in [0.15, 0.2) is 109 Å². The maximum atomic E-state index is 9.93. The highest BCUT2D eigenvalue weighted by molar-refractivity contribution is 9.07. The number of fused-ring (bicyclic) bond motifs is 4. The SMILES string of the molecule is Oc1cc2c(cc1O)[C@H](Cc1cccc3ccccc13)N(Br)CC2.Oc1cc2c(cc1O)[C@H](Cc1cccc3ccccc13)NCC2. The van der Waals surface area contributed by atoms with E-state index < -0.39 is 0 Å². The summed E-state index contributed by atoms with van der Waals surface area (Å²) in [6.07, 6.45) is 3.41. The van der Waals surface area contributed by atoms with E-state index in [1.807, 2.05) is 0 Å². The van der Waals surface area contributed by atoms with Crippen LogP contribution in [-0.4, -0.2) is 37.4 Å². The van der Waals surface area contributed by atoms with Crippen LogP contribution in [0.5, 0.6) is 23.0 Å². The number of nitrogens with zero attached hydrogens (tertiary/aromatic N) is 1. The van der Waals surface area contributed by atoms with E-state index in [2.05, 4.69) is 110 Å². The minimum atomic E-state index is -0.0560. The van der Waals surface area contributed by atoms with Crippen molar-refractivity contribution in [1.29, 1.82) is 0 Å². The fourth-order valence-corrected chi connectivity index (χ4v) is 7.67. The molecule has 0 aromatic heterocycles. The van der Waals surface area contributed by atoms with Crippen LogP contribution in [-0.2, 0) is 25.7 Å². The van der Waals surface area contributed by atoms with Crippen molar-refractivity contribution in [3.05, 3.63) is 143 Å². The second-order valence-electron chi connectivity index (χ2n) is 12.4. The Morgan fingerprint density at radius 2 is 1.11 bits per heavy atom. The van der Waals surface area contributed by atoms with Gasteiger partial charge < -0.3 is 25.7 Å². The van der Waals surface area contributed by atoms with Crippen molar-refractivity contribution in [3.8, 4) is 23.0 Å². The number of hydrogen-bond acceptors (Lipinski definition) is 6. The molecule has 7 heteroatoms. The van der Waals surface area contributed by atoms with Crippen LogP contribution in [0.25, 0.3) is 21.5 Å². The number of phenolic OH excluding ortho intramolecular Hbond substituents is 4. The molecule has 2 aliphatic rings. The molecule has 6 aromatic rings. The van der Waals surface area contributed by atoms with Crippen molar-refractivity contribution < 1.29 is 20.4 Å². The second-order valence-corrected chi connectivity index (χ2v) is 13.3. The zero-order valence-corrected chi connectivity index (χ0v) is 27.5. The minimum Gasteiger partial charge on any atom is -0.504 e. The molecule has 2 atom stereocenters. The summed E-state index contributed by atoms with van der Waals surface area (Å²) in [7, 11) is 0. The number of nitrogens with one attached hydrogen (secondary N) is 1. The van der Waals surface area contributed by atoms with Crippen LogP contribution in [0.2, 0.25) is 0 Å². The van der Waals surface area contributed by atoms with E-state index in [1.165, 1.54) is 32.7 Å². The topological polar surface area (TPSA) is 96.2 Å². The number of hydrogen-bond donors (Lipinski definition) is 5. The molecular formula is C40H37BrN2O4. The maximum Gasteiger partial charge on any atom is 0.157 e. The van der Waals surface area contributed by atoms with E-state index >= 15 is 0 Å². The molecule has 0 saturated heterocycles. The first-order valence-electron chi connectivity index (χ1n) is 16.0. The Morgan fingerprint density at radius 3 is 1.74 bits per heavy atom. The van der Waals surface area contributed by atoms with Gasteiger partial charge in [0.1, 0.15) is 0 Å². The standard InChI is InChI=1S/C20H18BrNO2.C20H19NO2/c21-22-9-8-15-11-19(23)20(24)12-17(15)18(22)10-14-6-3-5-13-4-1-2-7-16(13)14;22-19-11-15-8-9-21-18(17(15)12-20(19)23)10-14-6-3-5-13-4-1-2-7-16(13)14/h1-7,11-12,18,23-24H,8-10H2;1-7,11-12,18,21-23H,8-10H2/t2*18-/m00/s1. The van der Waals surface area contributed by atoms with Gasteiger partial charge in [-0.15, -0.1) is 0 Å².